The van der Waals surface area contributed by atoms with Crippen molar-refractivity contribution in [2.45, 2.75) is 32.2 Å². The summed E-state index contributed by atoms with van der Waals surface area (Å²) in [5, 5.41) is 0. The van der Waals surface area contributed by atoms with Crippen LogP contribution in [0.2, 0.25) is 0 Å². The van der Waals surface area contributed by atoms with E-state index in [1.807, 2.05) is 0 Å². The summed E-state index contributed by atoms with van der Waals surface area (Å²) in [6.07, 6.45) is 1.33. The number of ether oxygens (including phenoxy) is 3. The number of rotatable bonds is 4. The molecule has 5 nitrogen and oxygen atoms in total. The van der Waals surface area contributed by atoms with E-state index in [0.717, 1.165) is 19.1 Å². The molecule has 1 heterocycles. The van der Waals surface area contributed by atoms with Crippen LogP contribution < -0.4 is 4.74 Å². The third-order valence-corrected chi connectivity index (χ3v) is 2.80. The fourth-order valence-electron chi connectivity index (χ4n) is 1.92. The van der Waals surface area contributed by atoms with Crippen LogP contribution in [0.4, 0.5) is 0 Å². The highest BCUT2D eigenvalue weighted by atomic mass is 16.7. The summed E-state index contributed by atoms with van der Waals surface area (Å²) >= 11 is 0. The minimum atomic E-state index is -0.597. The minimum Gasteiger partial charge on any atom is -0.461 e. The van der Waals surface area contributed by atoms with Gasteiger partial charge in [-0.3, -0.25) is 9.59 Å². The lowest BCUT2D eigenvalue weighted by molar-refractivity contribution is -0.195. The van der Waals surface area contributed by atoms with E-state index in [1.165, 1.54) is 6.92 Å². The molecular weight excluding hydrogens is 248 g/mol. The van der Waals surface area contributed by atoms with Gasteiger partial charge in [0.15, 0.2) is 6.10 Å². The van der Waals surface area contributed by atoms with Gasteiger partial charge in [0.2, 0.25) is 6.29 Å². The van der Waals surface area contributed by atoms with Gasteiger partial charge in [-0.1, -0.05) is 0 Å². The molecule has 2 rings (SSSR count). The van der Waals surface area contributed by atoms with E-state index in [9.17, 15) is 9.59 Å². The molecule has 19 heavy (non-hydrogen) atoms. The maximum Gasteiger partial charge on any atom is 0.303 e. The van der Waals surface area contributed by atoms with Crippen LogP contribution in [0.5, 0.6) is 5.75 Å². The van der Waals surface area contributed by atoms with Crippen molar-refractivity contribution in [3.05, 3.63) is 29.8 Å². The first-order valence-corrected chi connectivity index (χ1v) is 6.20. The number of benzene rings is 1. The van der Waals surface area contributed by atoms with Gasteiger partial charge < -0.3 is 14.2 Å². The molecule has 5 heteroatoms. The number of hydrogen-bond donors (Lipinski definition) is 0. The quantitative estimate of drug-likeness (QED) is 0.614. The lowest BCUT2D eigenvalue weighted by Gasteiger charge is -2.31. The molecule has 0 amide bonds. The standard InChI is InChI=1S/C14H16O5/c1-10(16)18-13-3-2-8-17-14(13)19-12-6-4-11(9-15)5-7-12/h4-7,9,13-14H,2-3,8H2,1H3. The Morgan fingerprint density at radius 2 is 2.11 bits per heavy atom. The van der Waals surface area contributed by atoms with Crippen molar-refractivity contribution in [3.63, 3.8) is 0 Å². The predicted molar refractivity (Wildman–Crippen MR) is 67.0 cm³/mol. The zero-order valence-corrected chi connectivity index (χ0v) is 10.7. The average Bonchev–Trinajstić information content (AvgIpc) is 2.41. The molecule has 0 radical (unpaired) electrons. The molecule has 0 saturated carbocycles. The Kier molecular flexibility index (Phi) is 4.52. The molecule has 0 aromatic heterocycles. The first-order valence-electron chi connectivity index (χ1n) is 6.20. The molecule has 1 aromatic carbocycles. The Labute approximate surface area is 111 Å². The summed E-state index contributed by atoms with van der Waals surface area (Å²) in [5.41, 5.74) is 0.577. The Balaban J connectivity index is 2.01. The Hall–Kier alpha value is -1.88. The van der Waals surface area contributed by atoms with Gasteiger partial charge in [0.05, 0.1) is 6.61 Å². The molecule has 0 N–H and O–H groups in total. The van der Waals surface area contributed by atoms with Gasteiger partial charge in [-0.15, -0.1) is 0 Å². The van der Waals surface area contributed by atoms with Crippen LogP contribution in [0.25, 0.3) is 0 Å². The molecule has 1 aliphatic rings. The Bertz CT molecular complexity index is 440. The molecule has 1 fully saturated rings. The van der Waals surface area contributed by atoms with Gasteiger partial charge in [0, 0.05) is 12.5 Å². The molecular formula is C14H16O5. The number of hydrogen-bond acceptors (Lipinski definition) is 5. The van der Waals surface area contributed by atoms with E-state index in [-0.39, 0.29) is 5.97 Å². The first kappa shape index (κ1) is 13.5. The largest absolute Gasteiger partial charge is 0.461 e. The van der Waals surface area contributed by atoms with E-state index < -0.39 is 12.4 Å². The van der Waals surface area contributed by atoms with Crippen molar-refractivity contribution in [2.24, 2.45) is 0 Å². The van der Waals surface area contributed by atoms with Crippen LogP contribution in [-0.2, 0) is 14.3 Å². The summed E-state index contributed by atoms with van der Waals surface area (Å²) in [4.78, 5) is 21.6. The third-order valence-electron chi connectivity index (χ3n) is 2.80. The van der Waals surface area contributed by atoms with Crippen molar-refractivity contribution in [2.75, 3.05) is 6.61 Å². The summed E-state index contributed by atoms with van der Waals surface area (Å²) < 4.78 is 16.3. The third kappa shape index (κ3) is 3.79. The highest BCUT2D eigenvalue weighted by molar-refractivity contribution is 5.74. The topological polar surface area (TPSA) is 61.8 Å². The maximum absolute atomic E-state index is 11.0. The summed E-state index contributed by atoms with van der Waals surface area (Å²) in [6, 6.07) is 6.69. The first-order chi connectivity index (χ1) is 9.19. The molecule has 0 spiro atoms. The fraction of sp³-hybridized carbons (Fsp3) is 0.429. The van der Waals surface area contributed by atoms with Crippen molar-refractivity contribution in [1.82, 2.24) is 0 Å². The van der Waals surface area contributed by atoms with Gasteiger partial charge in [-0.2, -0.15) is 0 Å². The molecule has 1 aromatic rings. The van der Waals surface area contributed by atoms with Crippen LogP contribution in [0.15, 0.2) is 24.3 Å². The van der Waals surface area contributed by atoms with E-state index in [0.29, 0.717) is 17.9 Å². The van der Waals surface area contributed by atoms with Crippen LogP contribution in [0, 0.1) is 0 Å². The van der Waals surface area contributed by atoms with Gasteiger partial charge in [0.1, 0.15) is 12.0 Å². The zero-order chi connectivity index (χ0) is 13.7. The number of esters is 1. The Morgan fingerprint density at radius 1 is 1.37 bits per heavy atom. The second-order valence-electron chi connectivity index (χ2n) is 4.33. The highest BCUT2D eigenvalue weighted by Crippen LogP contribution is 2.22. The number of carbonyl (C=O) groups excluding carboxylic acids is 2. The van der Waals surface area contributed by atoms with Gasteiger partial charge in [-0.05, 0) is 37.1 Å². The monoisotopic (exact) mass is 264 g/mol. The van der Waals surface area contributed by atoms with Crippen molar-refractivity contribution >= 4 is 12.3 Å². The molecule has 1 saturated heterocycles. The van der Waals surface area contributed by atoms with Crippen molar-refractivity contribution < 1.29 is 23.8 Å². The second kappa shape index (κ2) is 6.33. The predicted octanol–water partition coefficient (Wildman–Crippen LogP) is 1.95. The Morgan fingerprint density at radius 3 is 2.74 bits per heavy atom. The van der Waals surface area contributed by atoms with E-state index in [1.54, 1.807) is 24.3 Å². The lowest BCUT2D eigenvalue weighted by Crippen LogP contribution is -2.41. The summed E-state index contributed by atoms with van der Waals surface area (Å²) in [6.45, 7) is 1.94. The molecule has 2 unspecified atom stereocenters. The van der Waals surface area contributed by atoms with Crippen molar-refractivity contribution in [3.8, 4) is 5.75 Å². The number of aldehydes is 1. The van der Waals surface area contributed by atoms with Crippen molar-refractivity contribution in [1.29, 1.82) is 0 Å². The molecule has 2 atom stereocenters. The summed E-state index contributed by atoms with van der Waals surface area (Å²) in [7, 11) is 0. The van der Waals surface area contributed by atoms with Crippen LogP contribution in [0.3, 0.4) is 0 Å². The van der Waals surface area contributed by atoms with Crippen LogP contribution in [-0.4, -0.2) is 31.3 Å². The number of carbonyl (C=O) groups is 2. The lowest BCUT2D eigenvalue weighted by atomic mass is 10.1. The normalized spacial score (nSPS) is 22.6. The van der Waals surface area contributed by atoms with Gasteiger partial charge >= 0.3 is 5.97 Å². The maximum atomic E-state index is 11.0. The van der Waals surface area contributed by atoms with E-state index in [4.69, 9.17) is 14.2 Å². The van der Waals surface area contributed by atoms with Gasteiger partial charge in [0.25, 0.3) is 0 Å². The van der Waals surface area contributed by atoms with Gasteiger partial charge in [-0.25, -0.2) is 0 Å². The average molecular weight is 264 g/mol. The summed E-state index contributed by atoms with van der Waals surface area (Å²) in [5.74, 6) is 0.232. The molecule has 0 aliphatic carbocycles. The smallest absolute Gasteiger partial charge is 0.303 e. The molecule has 1 aliphatic heterocycles. The van der Waals surface area contributed by atoms with Crippen LogP contribution in [0.1, 0.15) is 30.1 Å². The molecule has 102 valence electrons. The minimum absolute atomic E-state index is 0.347. The highest BCUT2D eigenvalue weighted by Gasteiger charge is 2.30. The van der Waals surface area contributed by atoms with E-state index in [2.05, 4.69) is 0 Å². The van der Waals surface area contributed by atoms with E-state index >= 15 is 0 Å². The molecule has 0 bridgehead atoms. The second-order valence-corrected chi connectivity index (χ2v) is 4.33. The van der Waals surface area contributed by atoms with Crippen LogP contribution >= 0.6 is 0 Å². The zero-order valence-electron chi connectivity index (χ0n) is 10.7. The SMILES string of the molecule is CC(=O)OC1CCCOC1Oc1ccc(C=O)cc1. The fourth-order valence-corrected chi connectivity index (χ4v) is 1.92.